The minimum Gasteiger partial charge on any atom is -0.338 e. The van der Waals surface area contributed by atoms with Crippen LogP contribution in [-0.4, -0.2) is 39.6 Å². The van der Waals surface area contributed by atoms with Gasteiger partial charge < -0.3 is 10.2 Å². The first-order chi connectivity index (χ1) is 12.5. The summed E-state index contributed by atoms with van der Waals surface area (Å²) in [6.45, 7) is 6.28. The normalized spacial score (nSPS) is 17.0. The van der Waals surface area contributed by atoms with Crippen LogP contribution >= 0.6 is 0 Å². The van der Waals surface area contributed by atoms with E-state index in [0.29, 0.717) is 36.7 Å². The maximum Gasteiger partial charge on any atom is 0.245 e. The number of likely N-dealkylation sites (tertiary alicyclic amines) is 1. The summed E-state index contributed by atoms with van der Waals surface area (Å²) >= 11 is 0. The quantitative estimate of drug-likeness (QED) is 0.857. The predicted molar refractivity (Wildman–Crippen MR) is 96.4 cm³/mol. The molecule has 0 spiro atoms. The van der Waals surface area contributed by atoms with Gasteiger partial charge in [-0.15, -0.1) is 5.10 Å². The van der Waals surface area contributed by atoms with Crippen LogP contribution in [0.5, 0.6) is 0 Å². The van der Waals surface area contributed by atoms with E-state index in [4.69, 9.17) is 0 Å². The fourth-order valence-corrected chi connectivity index (χ4v) is 3.15. The van der Waals surface area contributed by atoms with Crippen LogP contribution in [0.25, 0.3) is 5.69 Å². The number of piperidine rings is 1. The predicted octanol–water partition coefficient (Wildman–Crippen LogP) is 2.68. The second-order valence-corrected chi connectivity index (χ2v) is 6.35. The molecule has 2 aromatic rings. The van der Waals surface area contributed by atoms with Crippen molar-refractivity contribution in [3.05, 3.63) is 54.5 Å². The Morgan fingerprint density at radius 3 is 2.88 bits per heavy atom. The lowest BCUT2D eigenvalue weighted by Crippen LogP contribution is -2.43. The van der Waals surface area contributed by atoms with Crippen LogP contribution in [0.4, 0.5) is 10.2 Å². The molecule has 0 radical (unpaired) electrons. The number of anilines is 1. The van der Waals surface area contributed by atoms with E-state index in [2.05, 4.69) is 17.0 Å². The zero-order valence-electron chi connectivity index (χ0n) is 14.6. The van der Waals surface area contributed by atoms with Crippen molar-refractivity contribution < 1.29 is 14.0 Å². The first-order valence-electron chi connectivity index (χ1n) is 8.53. The number of nitrogens with zero attached hydrogens (tertiary/aromatic N) is 3. The lowest BCUT2D eigenvalue weighted by molar-refractivity contribution is -0.130. The summed E-state index contributed by atoms with van der Waals surface area (Å²) in [5.74, 6) is -0.677. The zero-order chi connectivity index (χ0) is 18.7. The second kappa shape index (κ2) is 7.51. The zero-order valence-corrected chi connectivity index (χ0v) is 14.6. The lowest BCUT2D eigenvalue weighted by atomic mass is 9.97. The molecule has 1 aromatic carbocycles. The van der Waals surface area contributed by atoms with Crippen LogP contribution in [0.2, 0.25) is 0 Å². The number of carbonyl (C=O) groups is 2. The molecule has 1 aromatic heterocycles. The molecular formula is C19H21FN4O2. The van der Waals surface area contributed by atoms with Crippen LogP contribution in [0, 0.1) is 18.7 Å². The molecule has 0 aliphatic carbocycles. The number of amides is 2. The Morgan fingerprint density at radius 2 is 2.15 bits per heavy atom. The van der Waals surface area contributed by atoms with E-state index in [0.717, 1.165) is 6.42 Å². The summed E-state index contributed by atoms with van der Waals surface area (Å²) in [6, 6.07) is 8.02. The number of hydrogen-bond donors (Lipinski definition) is 1. The number of carbonyl (C=O) groups excluding carboxylic acids is 2. The van der Waals surface area contributed by atoms with Crippen LogP contribution in [0.1, 0.15) is 18.5 Å². The van der Waals surface area contributed by atoms with E-state index in [1.165, 1.54) is 16.8 Å². The number of benzene rings is 1. The van der Waals surface area contributed by atoms with E-state index in [-0.39, 0.29) is 23.5 Å². The van der Waals surface area contributed by atoms with Gasteiger partial charge in [0.25, 0.3) is 0 Å². The van der Waals surface area contributed by atoms with Crippen molar-refractivity contribution in [2.75, 3.05) is 18.4 Å². The first-order valence-corrected chi connectivity index (χ1v) is 8.53. The summed E-state index contributed by atoms with van der Waals surface area (Å²) in [4.78, 5) is 25.9. The summed E-state index contributed by atoms with van der Waals surface area (Å²) in [5, 5.41) is 7.08. The SMILES string of the molecule is C=CC(=O)N1CCCC(C(=O)Nc2cc(C)n(-c3ccccc3F)n2)C1. The van der Waals surface area contributed by atoms with Crippen LogP contribution in [-0.2, 0) is 9.59 Å². The number of halogens is 1. The van der Waals surface area contributed by atoms with Gasteiger partial charge in [-0.25, -0.2) is 9.07 Å². The minimum absolute atomic E-state index is 0.165. The van der Waals surface area contributed by atoms with Gasteiger partial charge in [-0.05, 0) is 38.0 Å². The summed E-state index contributed by atoms with van der Waals surface area (Å²) in [7, 11) is 0. The van der Waals surface area contributed by atoms with Gasteiger partial charge in [0.1, 0.15) is 11.5 Å². The highest BCUT2D eigenvalue weighted by molar-refractivity contribution is 5.93. The molecule has 1 fully saturated rings. The van der Waals surface area contributed by atoms with Crippen LogP contribution < -0.4 is 5.32 Å². The maximum atomic E-state index is 14.0. The highest BCUT2D eigenvalue weighted by Crippen LogP contribution is 2.21. The Bertz CT molecular complexity index is 846. The number of hydrogen-bond acceptors (Lipinski definition) is 3. The monoisotopic (exact) mass is 356 g/mol. The molecular weight excluding hydrogens is 335 g/mol. The molecule has 3 rings (SSSR count). The van der Waals surface area contributed by atoms with Crippen molar-refractivity contribution in [3.63, 3.8) is 0 Å². The van der Waals surface area contributed by atoms with Crippen molar-refractivity contribution in [1.82, 2.24) is 14.7 Å². The Kier molecular flexibility index (Phi) is 5.16. The number of aromatic nitrogens is 2. The van der Waals surface area contributed by atoms with Gasteiger partial charge in [0.2, 0.25) is 11.8 Å². The number of aryl methyl sites for hydroxylation is 1. The van der Waals surface area contributed by atoms with E-state index in [1.807, 2.05) is 0 Å². The molecule has 1 aliphatic rings. The lowest BCUT2D eigenvalue weighted by Gasteiger charge is -2.31. The molecule has 1 atom stereocenters. The van der Waals surface area contributed by atoms with Gasteiger partial charge in [0.05, 0.1) is 5.92 Å². The van der Waals surface area contributed by atoms with Crippen molar-refractivity contribution >= 4 is 17.6 Å². The van der Waals surface area contributed by atoms with Crippen LogP contribution in [0.3, 0.4) is 0 Å². The Hall–Kier alpha value is -2.96. The third-order valence-electron chi connectivity index (χ3n) is 4.50. The maximum absolute atomic E-state index is 14.0. The van der Waals surface area contributed by atoms with E-state index >= 15 is 0 Å². The largest absolute Gasteiger partial charge is 0.338 e. The average molecular weight is 356 g/mol. The van der Waals surface area contributed by atoms with E-state index in [1.54, 1.807) is 36.1 Å². The van der Waals surface area contributed by atoms with Crippen molar-refractivity contribution in [2.24, 2.45) is 5.92 Å². The summed E-state index contributed by atoms with van der Waals surface area (Å²) in [5.41, 5.74) is 1.03. The van der Waals surface area contributed by atoms with Gasteiger partial charge in [-0.2, -0.15) is 0 Å². The molecule has 1 unspecified atom stereocenters. The standard InChI is InChI=1S/C19H21FN4O2/c1-3-18(25)23-10-6-7-14(12-23)19(26)21-17-11-13(2)24(22-17)16-9-5-4-8-15(16)20/h3-5,8-9,11,14H,1,6-7,10,12H2,2H3,(H,21,22,26). The molecule has 0 saturated carbocycles. The Morgan fingerprint density at radius 1 is 1.38 bits per heavy atom. The highest BCUT2D eigenvalue weighted by atomic mass is 19.1. The van der Waals surface area contributed by atoms with Gasteiger partial charge in [0.15, 0.2) is 5.82 Å². The minimum atomic E-state index is -0.387. The van der Waals surface area contributed by atoms with E-state index in [9.17, 15) is 14.0 Å². The van der Waals surface area contributed by atoms with Crippen molar-refractivity contribution in [3.8, 4) is 5.69 Å². The highest BCUT2D eigenvalue weighted by Gasteiger charge is 2.28. The molecule has 136 valence electrons. The Labute approximate surface area is 151 Å². The third-order valence-corrected chi connectivity index (χ3v) is 4.50. The third kappa shape index (κ3) is 3.66. The van der Waals surface area contributed by atoms with Gasteiger partial charge in [-0.1, -0.05) is 18.7 Å². The first kappa shape index (κ1) is 17.8. The number of rotatable bonds is 4. The molecule has 7 heteroatoms. The fourth-order valence-electron chi connectivity index (χ4n) is 3.15. The molecule has 1 saturated heterocycles. The Balaban J connectivity index is 1.72. The van der Waals surface area contributed by atoms with Crippen molar-refractivity contribution in [2.45, 2.75) is 19.8 Å². The molecule has 2 amide bonds. The molecule has 6 nitrogen and oxygen atoms in total. The van der Waals surface area contributed by atoms with E-state index < -0.39 is 0 Å². The molecule has 0 bridgehead atoms. The summed E-state index contributed by atoms with van der Waals surface area (Å²) < 4.78 is 15.4. The molecule has 2 heterocycles. The smallest absolute Gasteiger partial charge is 0.245 e. The average Bonchev–Trinajstić information content (AvgIpc) is 3.01. The van der Waals surface area contributed by atoms with Gasteiger partial charge in [0, 0.05) is 24.8 Å². The summed E-state index contributed by atoms with van der Waals surface area (Å²) in [6.07, 6.45) is 2.74. The van der Waals surface area contributed by atoms with Gasteiger partial charge >= 0.3 is 0 Å². The van der Waals surface area contributed by atoms with Crippen molar-refractivity contribution in [1.29, 1.82) is 0 Å². The molecule has 1 N–H and O–H groups in total. The number of para-hydroxylation sites is 1. The topological polar surface area (TPSA) is 67.2 Å². The molecule has 1 aliphatic heterocycles. The van der Waals surface area contributed by atoms with Gasteiger partial charge in [-0.3, -0.25) is 9.59 Å². The fraction of sp³-hybridized carbons (Fsp3) is 0.316. The van der Waals surface area contributed by atoms with Crippen LogP contribution in [0.15, 0.2) is 43.0 Å². The number of nitrogens with one attached hydrogen (secondary N) is 1. The molecule has 26 heavy (non-hydrogen) atoms. The second-order valence-electron chi connectivity index (χ2n) is 6.35.